The maximum absolute atomic E-state index is 11.9. The predicted octanol–water partition coefficient (Wildman–Crippen LogP) is 3.57. The summed E-state index contributed by atoms with van der Waals surface area (Å²) < 4.78 is 0. The van der Waals surface area contributed by atoms with Gasteiger partial charge < -0.3 is 10.6 Å². The van der Waals surface area contributed by atoms with Gasteiger partial charge in [0.2, 0.25) is 11.8 Å². The van der Waals surface area contributed by atoms with Crippen molar-refractivity contribution in [1.29, 1.82) is 0 Å². The van der Waals surface area contributed by atoms with Crippen LogP contribution in [0.15, 0.2) is 24.3 Å². The predicted molar refractivity (Wildman–Crippen MR) is 102 cm³/mol. The molecule has 6 nitrogen and oxygen atoms in total. The van der Waals surface area contributed by atoms with Crippen molar-refractivity contribution >= 4 is 34.8 Å². The highest BCUT2D eigenvalue weighted by Gasteiger charge is 2.12. The number of ketones is 2. The molecule has 1 rings (SSSR count). The van der Waals surface area contributed by atoms with E-state index in [4.69, 9.17) is 0 Å². The number of anilines is 2. The van der Waals surface area contributed by atoms with Crippen LogP contribution in [0.1, 0.15) is 53.4 Å². The molecule has 6 heteroatoms. The lowest BCUT2D eigenvalue weighted by Crippen LogP contribution is -2.16. The number of hydrogen-bond acceptors (Lipinski definition) is 4. The molecule has 0 fully saturated rings. The van der Waals surface area contributed by atoms with E-state index in [0.717, 1.165) is 0 Å². The lowest BCUT2D eigenvalue weighted by atomic mass is 10.0. The van der Waals surface area contributed by atoms with E-state index in [1.807, 2.05) is 13.8 Å². The molecule has 0 aliphatic heterocycles. The van der Waals surface area contributed by atoms with Crippen LogP contribution in [0.2, 0.25) is 0 Å². The van der Waals surface area contributed by atoms with Crippen molar-refractivity contribution < 1.29 is 19.2 Å². The minimum absolute atomic E-state index is 0.0793. The van der Waals surface area contributed by atoms with Crippen LogP contribution in [0.3, 0.4) is 0 Å². The van der Waals surface area contributed by atoms with Crippen LogP contribution in [0, 0.1) is 11.8 Å². The first kappa shape index (κ1) is 21.5. The third-order valence-electron chi connectivity index (χ3n) is 4.45. The average Bonchev–Trinajstić information content (AvgIpc) is 2.59. The minimum atomic E-state index is -0.145. The molecule has 0 aliphatic rings. The van der Waals surface area contributed by atoms with Gasteiger partial charge in [-0.05, 0) is 51.0 Å². The van der Waals surface area contributed by atoms with Gasteiger partial charge in [0.1, 0.15) is 11.6 Å². The first-order chi connectivity index (χ1) is 12.2. The van der Waals surface area contributed by atoms with E-state index < -0.39 is 0 Å². The van der Waals surface area contributed by atoms with Gasteiger partial charge in [-0.15, -0.1) is 0 Å². The molecule has 0 aliphatic carbocycles. The first-order valence-electron chi connectivity index (χ1n) is 8.89. The fourth-order valence-corrected chi connectivity index (χ4v) is 2.19. The van der Waals surface area contributed by atoms with E-state index in [2.05, 4.69) is 10.6 Å². The number of carbonyl (C=O) groups is 4. The molecule has 0 spiro atoms. The lowest BCUT2D eigenvalue weighted by molar-refractivity contribution is -0.122. The summed E-state index contributed by atoms with van der Waals surface area (Å²) in [5.74, 6) is -0.375. The highest BCUT2D eigenvalue weighted by Crippen LogP contribution is 2.16. The number of nitrogens with one attached hydrogen (secondary N) is 2. The standard InChI is InChI=1S/C20H28N2O4/c1-13(15(3)23)5-11-19(25)21-17-7-9-18(10-8-17)22-20(26)12-6-14(2)16(4)24/h7-10,13-14H,5-6,11-12H2,1-4H3,(H,21,25)(H,22,26). The second-order valence-corrected chi connectivity index (χ2v) is 6.77. The second kappa shape index (κ2) is 10.5. The van der Waals surface area contributed by atoms with Crippen molar-refractivity contribution in [2.24, 2.45) is 11.8 Å². The molecule has 2 amide bonds. The highest BCUT2D eigenvalue weighted by atomic mass is 16.2. The van der Waals surface area contributed by atoms with Gasteiger partial charge in [-0.25, -0.2) is 0 Å². The zero-order valence-corrected chi connectivity index (χ0v) is 15.9. The van der Waals surface area contributed by atoms with Crippen molar-refractivity contribution in [3.63, 3.8) is 0 Å². The Kier molecular flexibility index (Phi) is 8.68. The zero-order chi connectivity index (χ0) is 19.7. The Hall–Kier alpha value is -2.50. The number of carbonyl (C=O) groups excluding carboxylic acids is 4. The fourth-order valence-electron chi connectivity index (χ4n) is 2.19. The summed E-state index contributed by atoms with van der Waals surface area (Å²) >= 11 is 0. The van der Waals surface area contributed by atoms with Crippen molar-refractivity contribution in [2.45, 2.75) is 53.4 Å². The van der Waals surface area contributed by atoms with Crippen molar-refractivity contribution in [1.82, 2.24) is 0 Å². The molecule has 26 heavy (non-hydrogen) atoms. The first-order valence-corrected chi connectivity index (χ1v) is 8.89. The van der Waals surface area contributed by atoms with Gasteiger partial charge in [-0.2, -0.15) is 0 Å². The summed E-state index contributed by atoms with van der Waals surface area (Å²) in [5.41, 5.74) is 1.27. The van der Waals surface area contributed by atoms with E-state index in [0.29, 0.717) is 24.2 Å². The highest BCUT2D eigenvalue weighted by molar-refractivity contribution is 5.93. The van der Waals surface area contributed by atoms with E-state index in [-0.39, 0.29) is 48.1 Å². The summed E-state index contributed by atoms with van der Waals surface area (Å²) in [4.78, 5) is 46.1. The molecule has 1 aromatic rings. The van der Waals surface area contributed by atoms with Gasteiger partial charge in [0, 0.05) is 36.1 Å². The molecule has 2 N–H and O–H groups in total. The maximum Gasteiger partial charge on any atom is 0.224 e. The third kappa shape index (κ3) is 8.05. The van der Waals surface area contributed by atoms with Crippen LogP contribution in [-0.4, -0.2) is 23.4 Å². The molecule has 0 heterocycles. The van der Waals surface area contributed by atoms with Gasteiger partial charge in [0.25, 0.3) is 0 Å². The van der Waals surface area contributed by atoms with Gasteiger partial charge in [-0.3, -0.25) is 19.2 Å². The van der Waals surface area contributed by atoms with E-state index in [9.17, 15) is 19.2 Å². The van der Waals surface area contributed by atoms with Crippen LogP contribution < -0.4 is 10.6 Å². The Balaban J connectivity index is 2.43. The summed E-state index contributed by atoms with van der Waals surface area (Å²) in [5, 5.41) is 5.54. The smallest absolute Gasteiger partial charge is 0.224 e. The van der Waals surface area contributed by atoms with Crippen LogP contribution >= 0.6 is 0 Å². The van der Waals surface area contributed by atoms with Crippen LogP contribution in [-0.2, 0) is 19.2 Å². The Labute approximate surface area is 154 Å². The minimum Gasteiger partial charge on any atom is -0.326 e. The Morgan fingerprint density at radius 2 is 1.04 bits per heavy atom. The van der Waals surface area contributed by atoms with Crippen molar-refractivity contribution in [3.8, 4) is 0 Å². The van der Waals surface area contributed by atoms with Gasteiger partial charge in [0.15, 0.2) is 0 Å². The average molecular weight is 360 g/mol. The monoisotopic (exact) mass is 360 g/mol. The summed E-state index contributed by atoms with van der Waals surface area (Å²) in [7, 11) is 0. The maximum atomic E-state index is 11.9. The topological polar surface area (TPSA) is 92.3 Å². The second-order valence-electron chi connectivity index (χ2n) is 6.77. The number of benzene rings is 1. The number of rotatable bonds is 10. The van der Waals surface area contributed by atoms with Gasteiger partial charge in [0.05, 0.1) is 0 Å². The van der Waals surface area contributed by atoms with E-state index in [1.54, 1.807) is 24.3 Å². The molecule has 0 saturated carbocycles. The Morgan fingerprint density at radius 3 is 1.31 bits per heavy atom. The molecular formula is C20H28N2O4. The molecule has 0 saturated heterocycles. The molecule has 0 radical (unpaired) electrons. The van der Waals surface area contributed by atoms with E-state index >= 15 is 0 Å². The van der Waals surface area contributed by atoms with Crippen LogP contribution in [0.5, 0.6) is 0 Å². The quantitative estimate of drug-likeness (QED) is 0.667. The lowest BCUT2D eigenvalue weighted by Gasteiger charge is -2.10. The molecular weight excluding hydrogens is 332 g/mol. The van der Waals surface area contributed by atoms with Crippen LogP contribution in [0.4, 0.5) is 11.4 Å². The normalized spacial score (nSPS) is 12.8. The summed E-state index contributed by atoms with van der Waals surface area (Å²) in [6.07, 6.45) is 1.61. The third-order valence-corrected chi connectivity index (χ3v) is 4.45. The Morgan fingerprint density at radius 1 is 0.731 bits per heavy atom. The molecule has 142 valence electrons. The molecule has 0 aromatic heterocycles. The van der Waals surface area contributed by atoms with E-state index in [1.165, 1.54) is 13.8 Å². The largest absolute Gasteiger partial charge is 0.326 e. The molecule has 1 aromatic carbocycles. The molecule has 2 unspecified atom stereocenters. The summed E-state index contributed by atoms with van der Waals surface area (Å²) in [6.45, 7) is 6.67. The van der Waals surface area contributed by atoms with Crippen molar-refractivity contribution in [2.75, 3.05) is 10.6 Å². The molecule has 2 atom stereocenters. The number of amides is 2. The van der Waals surface area contributed by atoms with Gasteiger partial charge >= 0.3 is 0 Å². The fraction of sp³-hybridized carbons (Fsp3) is 0.500. The summed E-state index contributed by atoms with van der Waals surface area (Å²) in [6, 6.07) is 6.83. The number of Topliss-reactive ketones (excluding diaryl/α,β-unsaturated/α-hetero) is 2. The zero-order valence-electron chi connectivity index (χ0n) is 15.9. The van der Waals surface area contributed by atoms with Gasteiger partial charge in [-0.1, -0.05) is 13.8 Å². The van der Waals surface area contributed by atoms with Crippen LogP contribution in [0.25, 0.3) is 0 Å². The Bertz CT molecular complexity index is 595. The number of hydrogen-bond donors (Lipinski definition) is 2. The molecule has 0 bridgehead atoms. The SMILES string of the molecule is CC(=O)C(C)CCC(=O)Nc1ccc(NC(=O)CCC(C)C(C)=O)cc1. The van der Waals surface area contributed by atoms with Crippen molar-refractivity contribution in [3.05, 3.63) is 24.3 Å².